The minimum absolute atomic E-state index is 0.000372. The van der Waals surface area contributed by atoms with Gasteiger partial charge in [-0.15, -0.1) is 0 Å². The third kappa shape index (κ3) is 4.92. The van der Waals surface area contributed by atoms with E-state index in [1.807, 2.05) is 29.9 Å². The number of rotatable bonds is 7. The first-order valence-electron chi connectivity index (χ1n) is 11.1. The van der Waals surface area contributed by atoms with Crippen LogP contribution in [0.1, 0.15) is 44.0 Å². The van der Waals surface area contributed by atoms with Gasteiger partial charge in [0.1, 0.15) is 0 Å². The summed E-state index contributed by atoms with van der Waals surface area (Å²) in [5.41, 5.74) is 5.63. The maximum atomic E-state index is 6.12. The molecule has 1 aliphatic carbocycles. The highest BCUT2D eigenvalue weighted by molar-refractivity contribution is 7.97. The smallest absolute Gasteiger partial charge is 0.0700 e. The molecule has 2 aliphatic rings. The van der Waals surface area contributed by atoms with Gasteiger partial charge in [-0.2, -0.15) is 5.10 Å². The molecule has 1 aliphatic heterocycles. The molecule has 0 bridgehead atoms. The number of benzene rings is 1. The molecule has 1 aromatic carbocycles. The van der Waals surface area contributed by atoms with Crippen molar-refractivity contribution in [1.82, 2.24) is 14.1 Å². The third-order valence-electron chi connectivity index (χ3n) is 6.46. The summed E-state index contributed by atoms with van der Waals surface area (Å²) in [6.07, 6.45) is 6.43. The zero-order valence-corrected chi connectivity index (χ0v) is 20.3. The van der Waals surface area contributed by atoms with Gasteiger partial charge < -0.3 is 9.47 Å². The van der Waals surface area contributed by atoms with Crippen LogP contribution in [-0.4, -0.2) is 54.1 Å². The van der Waals surface area contributed by atoms with Gasteiger partial charge in [0.15, 0.2) is 0 Å². The van der Waals surface area contributed by atoms with Crippen molar-refractivity contribution >= 4 is 18.0 Å². The molecule has 1 aromatic heterocycles. The number of fused-ring (bicyclic) bond motifs is 2. The first-order valence-corrected chi connectivity index (χ1v) is 11.9. The molecule has 2 heterocycles. The quantitative estimate of drug-likeness (QED) is 0.459. The van der Waals surface area contributed by atoms with Crippen molar-refractivity contribution in [3.63, 3.8) is 0 Å². The predicted molar refractivity (Wildman–Crippen MR) is 127 cm³/mol. The van der Waals surface area contributed by atoms with Crippen molar-refractivity contribution in [2.24, 2.45) is 12.5 Å². The van der Waals surface area contributed by atoms with Gasteiger partial charge in [0.2, 0.25) is 0 Å². The predicted octanol–water partition coefficient (Wildman–Crippen LogP) is 4.72. The molecule has 0 amide bonds. The molecule has 168 valence electrons. The molecular weight excluding hydrogens is 406 g/mol. The summed E-state index contributed by atoms with van der Waals surface area (Å²) < 4.78 is 15.8. The van der Waals surface area contributed by atoms with Crippen molar-refractivity contribution in [3.05, 3.63) is 52.9 Å². The van der Waals surface area contributed by atoms with E-state index in [-0.39, 0.29) is 10.8 Å². The van der Waals surface area contributed by atoms with E-state index in [1.165, 1.54) is 27.3 Å². The van der Waals surface area contributed by atoms with Crippen molar-refractivity contribution < 1.29 is 9.47 Å². The van der Waals surface area contributed by atoms with Crippen molar-refractivity contribution in [1.29, 1.82) is 0 Å². The van der Waals surface area contributed by atoms with E-state index in [0.717, 1.165) is 32.5 Å². The van der Waals surface area contributed by atoms with Gasteiger partial charge in [0, 0.05) is 37.6 Å². The fourth-order valence-corrected chi connectivity index (χ4v) is 5.66. The highest BCUT2D eigenvalue weighted by atomic mass is 32.2. The van der Waals surface area contributed by atoms with Gasteiger partial charge in [-0.05, 0) is 59.5 Å². The number of nitrogens with zero attached hydrogens (tertiary/aromatic N) is 3. The molecule has 0 saturated carbocycles. The molecule has 0 radical (unpaired) electrons. The highest BCUT2D eigenvalue weighted by Gasteiger charge is 2.43. The summed E-state index contributed by atoms with van der Waals surface area (Å²) in [5, 5.41) is 4.50. The lowest BCUT2D eigenvalue weighted by molar-refractivity contribution is 0.0157. The second-order valence-electron chi connectivity index (χ2n) is 9.83. The van der Waals surface area contributed by atoms with Crippen LogP contribution in [0.25, 0.3) is 6.08 Å². The Hall–Kier alpha value is -1.60. The molecular formula is C25H35N3O2S. The second kappa shape index (κ2) is 9.10. The number of hydrogen-bond acceptors (Lipinski definition) is 5. The highest BCUT2D eigenvalue weighted by Crippen LogP contribution is 2.46. The SMILES string of the molecule is COCCOCC12Cc3cnn(C)c3C=C1CCN(Sc1ccc(C(C)(C)C)cc1)C2. The Kier molecular flexibility index (Phi) is 6.63. The molecule has 0 N–H and O–H groups in total. The Morgan fingerprint density at radius 2 is 1.94 bits per heavy atom. The molecule has 0 spiro atoms. The Balaban J connectivity index is 1.52. The normalized spacial score (nSPS) is 21.5. The fourth-order valence-electron chi connectivity index (χ4n) is 4.61. The van der Waals surface area contributed by atoms with Crippen LogP contribution < -0.4 is 0 Å². The van der Waals surface area contributed by atoms with E-state index in [2.05, 4.69) is 60.5 Å². The van der Waals surface area contributed by atoms with Crippen LogP contribution in [0.5, 0.6) is 0 Å². The van der Waals surface area contributed by atoms with Gasteiger partial charge >= 0.3 is 0 Å². The zero-order chi connectivity index (χ0) is 22.1. The van der Waals surface area contributed by atoms with E-state index in [4.69, 9.17) is 9.47 Å². The molecule has 1 atom stereocenters. The summed E-state index contributed by atoms with van der Waals surface area (Å²) >= 11 is 1.87. The largest absolute Gasteiger partial charge is 0.382 e. The number of hydrogen-bond donors (Lipinski definition) is 0. The van der Waals surface area contributed by atoms with E-state index in [0.29, 0.717) is 13.2 Å². The third-order valence-corrected chi connectivity index (χ3v) is 7.51. The number of methoxy groups -OCH3 is 1. The lowest BCUT2D eigenvalue weighted by Crippen LogP contribution is -2.47. The number of piperidine rings is 1. The average Bonchev–Trinajstić information content (AvgIpc) is 3.08. The monoisotopic (exact) mass is 441 g/mol. The van der Waals surface area contributed by atoms with Crippen molar-refractivity contribution in [2.75, 3.05) is 40.0 Å². The van der Waals surface area contributed by atoms with E-state index in [9.17, 15) is 0 Å². The van der Waals surface area contributed by atoms with Gasteiger partial charge in [-0.3, -0.25) is 4.68 Å². The Morgan fingerprint density at radius 3 is 2.65 bits per heavy atom. The Morgan fingerprint density at radius 1 is 1.16 bits per heavy atom. The molecule has 1 saturated heterocycles. The van der Waals surface area contributed by atoms with Gasteiger partial charge in [0.25, 0.3) is 0 Å². The number of aromatic nitrogens is 2. The molecule has 5 nitrogen and oxygen atoms in total. The van der Waals surface area contributed by atoms with Gasteiger partial charge in [0.05, 0.1) is 31.7 Å². The standard InChI is InChI=1S/C25H35N3O2S/c1-24(2,3)20-6-8-22(9-7-20)31-28-11-10-21-14-23-19(16-26-27(23)4)15-25(21,17-28)18-30-13-12-29-5/h6-9,14,16H,10-13,15,17-18H2,1-5H3. The zero-order valence-electron chi connectivity index (χ0n) is 19.5. The Bertz CT molecular complexity index is 929. The van der Waals surface area contributed by atoms with Gasteiger partial charge in [-0.25, -0.2) is 4.31 Å². The fraction of sp³-hybridized carbons (Fsp3) is 0.560. The minimum Gasteiger partial charge on any atom is -0.382 e. The van der Waals surface area contributed by atoms with Crippen LogP contribution in [0.4, 0.5) is 0 Å². The van der Waals surface area contributed by atoms with Crippen LogP contribution in [-0.2, 0) is 28.4 Å². The van der Waals surface area contributed by atoms with Crippen LogP contribution in [0.15, 0.2) is 40.9 Å². The van der Waals surface area contributed by atoms with Crippen LogP contribution in [0, 0.1) is 5.41 Å². The average molecular weight is 442 g/mol. The molecule has 1 unspecified atom stereocenters. The maximum Gasteiger partial charge on any atom is 0.0700 e. The van der Waals surface area contributed by atoms with E-state index < -0.39 is 0 Å². The number of aryl methyl sites for hydroxylation is 1. The lowest BCUT2D eigenvalue weighted by Gasteiger charge is -2.46. The second-order valence-corrected chi connectivity index (χ2v) is 11.0. The van der Waals surface area contributed by atoms with Crippen LogP contribution in [0.2, 0.25) is 0 Å². The minimum atomic E-state index is 0.000372. The van der Waals surface area contributed by atoms with Crippen LogP contribution >= 0.6 is 11.9 Å². The molecule has 6 heteroatoms. The summed E-state index contributed by atoms with van der Waals surface area (Å²) in [7, 11) is 3.75. The summed E-state index contributed by atoms with van der Waals surface area (Å²) in [6.45, 7) is 10.8. The number of ether oxygens (including phenoxy) is 2. The first-order chi connectivity index (χ1) is 14.8. The maximum absolute atomic E-state index is 6.12. The van der Waals surface area contributed by atoms with E-state index in [1.54, 1.807) is 7.11 Å². The lowest BCUT2D eigenvalue weighted by atomic mass is 9.69. The molecule has 4 rings (SSSR count). The summed E-state index contributed by atoms with van der Waals surface area (Å²) in [5.74, 6) is 0. The summed E-state index contributed by atoms with van der Waals surface area (Å²) in [4.78, 5) is 1.30. The molecule has 1 fully saturated rings. The topological polar surface area (TPSA) is 39.5 Å². The van der Waals surface area contributed by atoms with Crippen molar-refractivity contribution in [3.8, 4) is 0 Å². The molecule has 2 aromatic rings. The molecule has 31 heavy (non-hydrogen) atoms. The van der Waals surface area contributed by atoms with Gasteiger partial charge in [-0.1, -0.05) is 38.5 Å². The van der Waals surface area contributed by atoms with Crippen molar-refractivity contribution in [2.45, 2.75) is 43.9 Å². The van der Waals surface area contributed by atoms with Crippen LogP contribution in [0.3, 0.4) is 0 Å². The summed E-state index contributed by atoms with van der Waals surface area (Å²) in [6, 6.07) is 9.06. The van der Waals surface area contributed by atoms with E-state index >= 15 is 0 Å². The Labute approximate surface area is 190 Å². The first kappa shape index (κ1) is 22.6.